The second kappa shape index (κ2) is 7.20. The summed E-state index contributed by atoms with van der Waals surface area (Å²) in [7, 11) is 1.69. The highest BCUT2D eigenvalue weighted by Crippen LogP contribution is 2.33. The van der Waals surface area contributed by atoms with Crippen LogP contribution in [-0.4, -0.2) is 22.2 Å². The maximum Gasteiger partial charge on any atom is 0.265 e. The summed E-state index contributed by atoms with van der Waals surface area (Å²) in [6.07, 6.45) is 1.84. The van der Waals surface area contributed by atoms with Gasteiger partial charge in [-0.1, -0.05) is 66.4 Å². The molecule has 1 saturated heterocycles. The van der Waals surface area contributed by atoms with Gasteiger partial charge in [0.1, 0.15) is 16.7 Å². The summed E-state index contributed by atoms with van der Waals surface area (Å²) < 4.78 is 6.57. The Morgan fingerprint density at radius 2 is 1.88 bits per heavy atom. The van der Waals surface area contributed by atoms with Crippen molar-refractivity contribution < 1.29 is 9.53 Å². The number of thioether (sulfide) groups is 1. The van der Waals surface area contributed by atoms with Gasteiger partial charge in [-0.15, -0.1) is 0 Å². The number of ether oxygens (including phenoxy) is 1. The van der Waals surface area contributed by atoms with Crippen molar-refractivity contribution in [1.29, 1.82) is 0 Å². The fourth-order valence-corrected chi connectivity index (χ4v) is 3.52. The minimum absolute atomic E-state index is 0.0706. The average Bonchev–Trinajstić information content (AvgIpc) is 2.82. The van der Waals surface area contributed by atoms with Gasteiger partial charge in [0.2, 0.25) is 0 Å². The minimum Gasteiger partial charge on any atom is -0.488 e. The molecule has 0 radical (unpaired) electrons. The van der Waals surface area contributed by atoms with Crippen LogP contribution in [0.4, 0.5) is 0 Å². The standard InChI is InChI=1S/C19H17NO2S2/c1-13-7-3-4-9-15(13)12-22-16-10-6-5-8-14(16)11-17-18(21)20(2)19(23)24-17/h3-11H,12H2,1-2H3/b17-11+. The molecule has 1 amide bonds. The highest BCUT2D eigenvalue weighted by Gasteiger charge is 2.28. The van der Waals surface area contributed by atoms with Crippen molar-refractivity contribution in [2.24, 2.45) is 0 Å². The van der Waals surface area contributed by atoms with E-state index in [4.69, 9.17) is 17.0 Å². The number of amides is 1. The lowest BCUT2D eigenvalue weighted by atomic mass is 10.1. The molecule has 0 bridgehead atoms. The van der Waals surface area contributed by atoms with Crippen LogP contribution < -0.4 is 4.74 Å². The Bertz CT molecular complexity index is 830. The van der Waals surface area contributed by atoms with Gasteiger partial charge in [-0.25, -0.2) is 0 Å². The van der Waals surface area contributed by atoms with Crippen molar-refractivity contribution >= 4 is 40.3 Å². The molecule has 0 aromatic heterocycles. The zero-order valence-electron chi connectivity index (χ0n) is 13.5. The molecule has 5 heteroatoms. The van der Waals surface area contributed by atoms with Crippen LogP contribution in [0.25, 0.3) is 6.08 Å². The number of aryl methyl sites for hydroxylation is 1. The van der Waals surface area contributed by atoms with Crippen LogP contribution in [0.2, 0.25) is 0 Å². The molecular formula is C19H17NO2S2. The molecule has 3 rings (SSSR count). The number of rotatable bonds is 4. The predicted octanol–water partition coefficient (Wildman–Crippen LogP) is 4.41. The van der Waals surface area contributed by atoms with Crippen molar-refractivity contribution in [1.82, 2.24) is 4.90 Å². The van der Waals surface area contributed by atoms with E-state index in [-0.39, 0.29) is 5.91 Å². The van der Waals surface area contributed by atoms with Crippen LogP contribution in [0, 0.1) is 6.92 Å². The van der Waals surface area contributed by atoms with Gasteiger partial charge in [0.15, 0.2) is 0 Å². The lowest BCUT2D eigenvalue weighted by Gasteiger charge is -2.11. The number of carbonyl (C=O) groups excluding carboxylic acids is 1. The van der Waals surface area contributed by atoms with Crippen LogP contribution in [0.1, 0.15) is 16.7 Å². The van der Waals surface area contributed by atoms with Crippen molar-refractivity contribution in [2.75, 3.05) is 7.05 Å². The van der Waals surface area contributed by atoms with E-state index < -0.39 is 0 Å². The van der Waals surface area contributed by atoms with Crippen LogP contribution in [0.15, 0.2) is 53.4 Å². The van der Waals surface area contributed by atoms with Gasteiger partial charge in [0, 0.05) is 12.6 Å². The zero-order valence-corrected chi connectivity index (χ0v) is 15.1. The maximum atomic E-state index is 12.2. The smallest absolute Gasteiger partial charge is 0.265 e. The Labute approximate surface area is 151 Å². The molecule has 3 nitrogen and oxygen atoms in total. The van der Waals surface area contributed by atoms with Crippen LogP contribution in [-0.2, 0) is 11.4 Å². The molecule has 0 unspecified atom stereocenters. The third-order valence-electron chi connectivity index (χ3n) is 3.84. The van der Waals surface area contributed by atoms with Crippen molar-refractivity contribution in [3.05, 3.63) is 70.1 Å². The molecule has 122 valence electrons. The predicted molar refractivity (Wildman–Crippen MR) is 103 cm³/mol. The number of hydrogen-bond donors (Lipinski definition) is 0. The highest BCUT2D eigenvalue weighted by atomic mass is 32.2. The number of hydrogen-bond acceptors (Lipinski definition) is 4. The van der Waals surface area contributed by atoms with Gasteiger partial charge in [-0.2, -0.15) is 0 Å². The first-order valence-electron chi connectivity index (χ1n) is 7.54. The molecule has 1 aliphatic heterocycles. The van der Waals surface area contributed by atoms with Gasteiger partial charge in [-0.05, 0) is 30.2 Å². The lowest BCUT2D eigenvalue weighted by molar-refractivity contribution is -0.121. The third-order valence-corrected chi connectivity index (χ3v) is 5.32. The van der Waals surface area contributed by atoms with E-state index in [0.29, 0.717) is 15.8 Å². The van der Waals surface area contributed by atoms with E-state index >= 15 is 0 Å². The highest BCUT2D eigenvalue weighted by molar-refractivity contribution is 8.26. The summed E-state index contributed by atoms with van der Waals surface area (Å²) in [5.41, 5.74) is 3.22. The summed E-state index contributed by atoms with van der Waals surface area (Å²) in [4.78, 5) is 14.3. The molecule has 1 fully saturated rings. The molecule has 0 N–H and O–H groups in total. The number of thiocarbonyl (C=S) groups is 1. The van der Waals surface area contributed by atoms with E-state index in [1.54, 1.807) is 7.05 Å². The largest absolute Gasteiger partial charge is 0.488 e. The Balaban J connectivity index is 1.83. The molecule has 0 spiro atoms. The third kappa shape index (κ3) is 3.52. The summed E-state index contributed by atoms with van der Waals surface area (Å²) in [6, 6.07) is 15.8. The van der Waals surface area contributed by atoms with Gasteiger partial charge < -0.3 is 4.74 Å². The first kappa shape index (κ1) is 16.7. The fraction of sp³-hybridized carbons (Fsp3) is 0.158. The summed E-state index contributed by atoms with van der Waals surface area (Å²) in [6.45, 7) is 2.56. The van der Waals surface area contributed by atoms with Crippen LogP contribution in [0.5, 0.6) is 5.75 Å². The second-order valence-electron chi connectivity index (χ2n) is 5.49. The van der Waals surface area contributed by atoms with Crippen molar-refractivity contribution in [3.63, 3.8) is 0 Å². The number of likely N-dealkylation sites (N-methyl/N-ethyl adjacent to an activating group) is 1. The van der Waals surface area contributed by atoms with Crippen molar-refractivity contribution in [2.45, 2.75) is 13.5 Å². The molecular weight excluding hydrogens is 338 g/mol. The topological polar surface area (TPSA) is 29.5 Å². The Kier molecular flexibility index (Phi) is 5.02. The molecule has 2 aromatic carbocycles. The molecule has 24 heavy (non-hydrogen) atoms. The van der Waals surface area contributed by atoms with E-state index in [9.17, 15) is 4.79 Å². The second-order valence-corrected chi connectivity index (χ2v) is 7.17. The van der Waals surface area contributed by atoms with Gasteiger partial charge in [0.25, 0.3) is 5.91 Å². The van der Waals surface area contributed by atoms with E-state index in [0.717, 1.165) is 16.9 Å². The zero-order chi connectivity index (χ0) is 17.1. The van der Waals surface area contributed by atoms with Crippen molar-refractivity contribution in [3.8, 4) is 5.75 Å². The average molecular weight is 355 g/mol. The van der Waals surface area contributed by atoms with E-state index in [2.05, 4.69) is 19.1 Å². The molecule has 0 aliphatic carbocycles. The van der Waals surface area contributed by atoms with Crippen LogP contribution >= 0.6 is 24.0 Å². The van der Waals surface area contributed by atoms with Gasteiger partial charge >= 0.3 is 0 Å². The summed E-state index contributed by atoms with van der Waals surface area (Å²) >= 11 is 6.49. The fourth-order valence-electron chi connectivity index (χ4n) is 2.35. The van der Waals surface area contributed by atoms with E-state index in [1.807, 2.05) is 42.5 Å². The number of para-hydroxylation sites is 1. The SMILES string of the molecule is Cc1ccccc1COc1ccccc1/C=C1/SC(=S)N(C)C1=O. The molecule has 1 heterocycles. The monoisotopic (exact) mass is 355 g/mol. The Morgan fingerprint density at radius 3 is 2.58 bits per heavy atom. The first-order valence-corrected chi connectivity index (χ1v) is 8.76. The molecule has 0 saturated carbocycles. The lowest BCUT2D eigenvalue weighted by Crippen LogP contribution is -2.22. The molecule has 2 aromatic rings. The number of carbonyl (C=O) groups is 1. The van der Waals surface area contributed by atoms with E-state index in [1.165, 1.54) is 22.2 Å². The Hall–Kier alpha value is -2.11. The summed E-state index contributed by atoms with van der Waals surface area (Å²) in [5, 5.41) is 0. The quantitative estimate of drug-likeness (QED) is 0.600. The summed E-state index contributed by atoms with van der Waals surface area (Å²) in [5.74, 6) is 0.681. The normalized spacial score (nSPS) is 16.1. The molecule has 1 aliphatic rings. The van der Waals surface area contributed by atoms with Gasteiger partial charge in [-0.3, -0.25) is 9.69 Å². The maximum absolute atomic E-state index is 12.2. The van der Waals surface area contributed by atoms with Crippen LogP contribution in [0.3, 0.4) is 0 Å². The van der Waals surface area contributed by atoms with Gasteiger partial charge in [0.05, 0.1) is 4.91 Å². The number of nitrogens with zero attached hydrogens (tertiary/aromatic N) is 1. The number of benzene rings is 2. The first-order chi connectivity index (χ1) is 11.6. The Morgan fingerprint density at radius 1 is 1.17 bits per heavy atom. The minimum atomic E-state index is -0.0706. The molecule has 0 atom stereocenters.